The lowest BCUT2D eigenvalue weighted by molar-refractivity contribution is 0.479. The van der Waals surface area contributed by atoms with Crippen molar-refractivity contribution in [3.63, 3.8) is 0 Å². The van der Waals surface area contributed by atoms with Crippen molar-refractivity contribution in [3.05, 3.63) is 58.1 Å². The molecule has 92 valence electrons. The van der Waals surface area contributed by atoms with Crippen LogP contribution in [0.1, 0.15) is 16.7 Å². The maximum atomic E-state index is 9.05. The largest absolute Gasteiger partial charge is 0.455 e. The summed E-state index contributed by atoms with van der Waals surface area (Å²) in [6.45, 7) is 1.86. The third-order valence-corrected chi connectivity index (χ3v) is 3.03. The van der Waals surface area contributed by atoms with Crippen LogP contribution in [0.4, 0.5) is 0 Å². The molecule has 0 aliphatic carbocycles. The predicted molar refractivity (Wildman–Crippen MR) is 72.1 cm³/mol. The van der Waals surface area contributed by atoms with E-state index in [1.807, 2.05) is 19.1 Å². The number of nitrogens with zero attached hydrogens (tertiary/aromatic N) is 2. The van der Waals surface area contributed by atoms with Gasteiger partial charge in [0, 0.05) is 5.02 Å². The van der Waals surface area contributed by atoms with Crippen LogP contribution in [-0.4, -0.2) is 0 Å². The third-order valence-electron chi connectivity index (χ3n) is 2.61. The van der Waals surface area contributed by atoms with Gasteiger partial charge in [-0.2, -0.15) is 10.5 Å². The Balaban J connectivity index is 2.46. The van der Waals surface area contributed by atoms with E-state index in [1.165, 1.54) is 0 Å². The van der Waals surface area contributed by atoms with E-state index in [-0.39, 0.29) is 5.75 Å². The molecular formula is C15H9ClN2O. The van der Waals surface area contributed by atoms with Crippen LogP contribution in [0.2, 0.25) is 5.02 Å². The van der Waals surface area contributed by atoms with Gasteiger partial charge in [0.2, 0.25) is 0 Å². The van der Waals surface area contributed by atoms with Crippen molar-refractivity contribution in [1.82, 2.24) is 0 Å². The van der Waals surface area contributed by atoms with Gasteiger partial charge in [0.15, 0.2) is 5.75 Å². The maximum Gasteiger partial charge on any atom is 0.162 e. The number of para-hydroxylation sites is 1. The van der Waals surface area contributed by atoms with Crippen molar-refractivity contribution in [3.8, 4) is 23.6 Å². The summed E-state index contributed by atoms with van der Waals surface area (Å²) in [4.78, 5) is 0. The van der Waals surface area contributed by atoms with Gasteiger partial charge < -0.3 is 4.74 Å². The normalized spacial score (nSPS) is 9.47. The Labute approximate surface area is 116 Å². The smallest absolute Gasteiger partial charge is 0.162 e. The lowest BCUT2D eigenvalue weighted by Gasteiger charge is -2.10. The Morgan fingerprint density at radius 2 is 1.68 bits per heavy atom. The Hall–Kier alpha value is -2.49. The molecule has 2 aromatic carbocycles. The topological polar surface area (TPSA) is 56.8 Å². The molecule has 0 radical (unpaired) electrons. The summed E-state index contributed by atoms with van der Waals surface area (Å²) in [5.41, 5.74) is 1.52. The van der Waals surface area contributed by atoms with E-state index >= 15 is 0 Å². The molecule has 0 aromatic heterocycles. The molecule has 0 bridgehead atoms. The second-order valence-electron chi connectivity index (χ2n) is 3.92. The molecule has 0 amide bonds. The maximum absolute atomic E-state index is 9.05. The van der Waals surface area contributed by atoms with Gasteiger partial charge in [-0.1, -0.05) is 17.7 Å². The summed E-state index contributed by atoms with van der Waals surface area (Å²) in [7, 11) is 0. The van der Waals surface area contributed by atoms with E-state index < -0.39 is 0 Å². The summed E-state index contributed by atoms with van der Waals surface area (Å²) >= 11 is 5.94. The fourth-order valence-electron chi connectivity index (χ4n) is 1.62. The number of hydrogen-bond acceptors (Lipinski definition) is 3. The van der Waals surface area contributed by atoms with Crippen LogP contribution in [0.5, 0.6) is 11.5 Å². The van der Waals surface area contributed by atoms with Crippen molar-refractivity contribution in [2.75, 3.05) is 0 Å². The third kappa shape index (κ3) is 2.68. The van der Waals surface area contributed by atoms with Gasteiger partial charge in [0.1, 0.15) is 17.9 Å². The van der Waals surface area contributed by atoms with Crippen LogP contribution >= 0.6 is 11.6 Å². The molecule has 4 heteroatoms. The van der Waals surface area contributed by atoms with Crippen molar-refractivity contribution in [2.24, 2.45) is 0 Å². The Morgan fingerprint density at radius 1 is 1.05 bits per heavy atom. The highest BCUT2D eigenvalue weighted by Gasteiger charge is 2.11. The molecule has 3 nitrogen and oxygen atoms in total. The Morgan fingerprint density at radius 3 is 2.21 bits per heavy atom. The van der Waals surface area contributed by atoms with E-state index in [9.17, 15) is 0 Å². The number of benzene rings is 2. The Bertz CT molecular complexity index is 679. The average Bonchev–Trinajstić information content (AvgIpc) is 2.43. The number of ether oxygens (including phenoxy) is 1. The van der Waals surface area contributed by atoms with Crippen molar-refractivity contribution in [1.29, 1.82) is 10.5 Å². The highest BCUT2D eigenvalue weighted by molar-refractivity contribution is 6.31. The van der Waals surface area contributed by atoms with Crippen molar-refractivity contribution in [2.45, 2.75) is 6.92 Å². The van der Waals surface area contributed by atoms with Crippen LogP contribution in [0, 0.1) is 29.6 Å². The van der Waals surface area contributed by atoms with Gasteiger partial charge in [0.25, 0.3) is 0 Å². The first kappa shape index (κ1) is 13.0. The Kier molecular flexibility index (Phi) is 3.71. The monoisotopic (exact) mass is 268 g/mol. The summed E-state index contributed by atoms with van der Waals surface area (Å²) in [6, 6.07) is 14.1. The zero-order chi connectivity index (χ0) is 13.8. The minimum atomic E-state index is 0.272. The highest BCUT2D eigenvalue weighted by Crippen LogP contribution is 2.30. The van der Waals surface area contributed by atoms with Crippen LogP contribution in [-0.2, 0) is 0 Å². The zero-order valence-corrected chi connectivity index (χ0v) is 10.9. The summed E-state index contributed by atoms with van der Waals surface area (Å²) in [5, 5.41) is 18.7. The van der Waals surface area contributed by atoms with Crippen LogP contribution in [0.25, 0.3) is 0 Å². The molecular weight excluding hydrogens is 260 g/mol. The number of rotatable bonds is 2. The van der Waals surface area contributed by atoms with Gasteiger partial charge in [-0.15, -0.1) is 0 Å². The SMILES string of the molecule is Cc1cc(Oc2c(C#N)cccc2C#N)ccc1Cl. The molecule has 0 atom stereocenters. The van der Waals surface area contributed by atoms with Gasteiger partial charge >= 0.3 is 0 Å². The van der Waals surface area contributed by atoms with Gasteiger partial charge in [0.05, 0.1) is 11.1 Å². The second kappa shape index (κ2) is 5.44. The average molecular weight is 269 g/mol. The quantitative estimate of drug-likeness (QED) is 0.821. The van der Waals surface area contributed by atoms with Crippen LogP contribution in [0.3, 0.4) is 0 Å². The molecule has 0 unspecified atom stereocenters. The van der Waals surface area contributed by atoms with Crippen LogP contribution < -0.4 is 4.74 Å². The lowest BCUT2D eigenvalue weighted by Crippen LogP contribution is -1.92. The molecule has 0 aliphatic rings. The number of nitriles is 2. The standard InChI is InChI=1S/C15H9ClN2O/c1-10-7-13(5-6-14(10)16)19-15-11(8-17)3-2-4-12(15)9-18/h2-7H,1H3. The molecule has 0 aliphatic heterocycles. The summed E-state index contributed by atoms with van der Waals surface area (Å²) in [6.07, 6.45) is 0. The fourth-order valence-corrected chi connectivity index (χ4v) is 1.74. The molecule has 19 heavy (non-hydrogen) atoms. The minimum Gasteiger partial charge on any atom is -0.455 e. The molecule has 0 fully saturated rings. The summed E-state index contributed by atoms with van der Waals surface area (Å²) in [5.74, 6) is 0.815. The highest BCUT2D eigenvalue weighted by atomic mass is 35.5. The number of halogens is 1. The second-order valence-corrected chi connectivity index (χ2v) is 4.33. The first-order valence-electron chi connectivity index (χ1n) is 5.53. The van der Waals surface area contributed by atoms with E-state index in [0.717, 1.165) is 5.56 Å². The molecule has 0 spiro atoms. The molecule has 0 saturated heterocycles. The summed E-state index contributed by atoms with van der Waals surface area (Å²) < 4.78 is 5.65. The fraction of sp³-hybridized carbons (Fsp3) is 0.0667. The molecule has 0 N–H and O–H groups in total. The molecule has 0 heterocycles. The van der Waals surface area contributed by atoms with E-state index in [0.29, 0.717) is 21.9 Å². The predicted octanol–water partition coefficient (Wildman–Crippen LogP) is 4.18. The van der Waals surface area contributed by atoms with Gasteiger partial charge in [-0.3, -0.25) is 0 Å². The van der Waals surface area contributed by atoms with E-state index in [1.54, 1.807) is 36.4 Å². The van der Waals surface area contributed by atoms with E-state index in [2.05, 4.69) is 0 Å². The zero-order valence-electron chi connectivity index (χ0n) is 10.1. The molecule has 0 saturated carbocycles. The van der Waals surface area contributed by atoms with Gasteiger partial charge in [-0.05, 0) is 42.8 Å². The minimum absolute atomic E-state index is 0.272. The van der Waals surface area contributed by atoms with Crippen molar-refractivity contribution < 1.29 is 4.74 Å². The van der Waals surface area contributed by atoms with E-state index in [4.69, 9.17) is 26.9 Å². The molecule has 2 rings (SSSR count). The van der Waals surface area contributed by atoms with Crippen molar-refractivity contribution >= 4 is 11.6 Å². The van der Waals surface area contributed by atoms with Gasteiger partial charge in [-0.25, -0.2) is 0 Å². The first-order valence-corrected chi connectivity index (χ1v) is 5.90. The first-order chi connectivity index (χ1) is 9.15. The van der Waals surface area contributed by atoms with Crippen LogP contribution in [0.15, 0.2) is 36.4 Å². The number of hydrogen-bond donors (Lipinski definition) is 0. The number of aryl methyl sites for hydroxylation is 1. The lowest BCUT2D eigenvalue weighted by atomic mass is 10.1. The molecule has 2 aromatic rings.